The van der Waals surface area contributed by atoms with Gasteiger partial charge >= 0.3 is 0 Å². The van der Waals surface area contributed by atoms with Crippen LogP contribution in [0.25, 0.3) is 0 Å². The normalized spacial score (nSPS) is 20.5. The van der Waals surface area contributed by atoms with Gasteiger partial charge in [-0.15, -0.1) is 0 Å². The third-order valence-electron chi connectivity index (χ3n) is 4.84. The fraction of sp³-hybridized carbons (Fsp3) is 0.300. The van der Waals surface area contributed by atoms with Crippen molar-refractivity contribution in [3.63, 3.8) is 0 Å². The maximum atomic E-state index is 13.9. The molecule has 2 heterocycles. The minimum atomic E-state index is -0.280. The summed E-state index contributed by atoms with van der Waals surface area (Å²) in [5.41, 5.74) is 1.52. The number of nitrogens with zero attached hydrogens (tertiary/aromatic N) is 2. The van der Waals surface area contributed by atoms with Gasteiger partial charge in [-0.25, -0.2) is 4.39 Å². The average Bonchev–Trinajstić information content (AvgIpc) is 2.89. The number of hydrogen-bond donors (Lipinski definition) is 0. The Kier molecular flexibility index (Phi) is 4.53. The molecule has 0 spiro atoms. The Balaban J connectivity index is 1.42. The number of fused-ring (bicyclic) bond motifs is 1. The Bertz CT molecular complexity index is 819. The van der Waals surface area contributed by atoms with Gasteiger partial charge in [-0.2, -0.15) is 0 Å². The van der Waals surface area contributed by atoms with Gasteiger partial charge in [-0.3, -0.25) is 19.4 Å². The van der Waals surface area contributed by atoms with Crippen molar-refractivity contribution in [3.8, 4) is 0 Å². The number of benzene rings is 2. The number of imide groups is 1. The molecule has 1 fully saturated rings. The van der Waals surface area contributed by atoms with Crippen LogP contribution in [0.5, 0.6) is 0 Å². The Hall–Kier alpha value is -2.57. The molecule has 0 radical (unpaired) electrons. The van der Waals surface area contributed by atoms with Gasteiger partial charge < -0.3 is 4.74 Å². The molecule has 2 amide bonds. The van der Waals surface area contributed by atoms with Gasteiger partial charge in [0.15, 0.2) is 0 Å². The minimum absolute atomic E-state index is 0.208. The SMILES string of the molecule is O=C1c2ccccc2C(=O)N1CC1CN(Cc2ccccc2F)CCO1. The molecule has 2 aliphatic rings. The molecule has 0 aromatic heterocycles. The van der Waals surface area contributed by atoms with Crippen LogP contribution in [0.2, 0.25) is 0 Å². The minimum Gasteiger partial charge on any atom is -0.374 e. The van der Waals surface area contributed by atoms with E-state index in [2.05, 4.69) is 4.90 Å². The number of carbonyl (C=O) groups is 2. The third kappa shape index (κ3) is 3.13. The maximum Gasteiger partial charge on any atom is 0.261 e. The van der Waals surface area contributed by atoms with Gasteiger partial charge in [0.2, 0.25) is 0 Å². The van der Waals surface area contributed by atoms with Gasteiger partial charge in [0.1, 0.15) is 5.82 Å². The molecule has 4 rings (SSSR count). The predicted octanol–water partition coefficient (Wildman–Crippen LogP) is 2.32. The largest absolute Gasteiger partial charge is 0.374 e. The van der Waals surface area contributed by atoms with Crippen molar-refractivity contribution in [2.24, 2.45) is 0 Å². The molecule has 5 nitrogen and oxygen atoms in total. The van der Waals surface area contributed by atoms with E-state index >= 15 is 0 Å². The highest BCUT2D eigenvalue weighted by Gasteiger charge is 2.37. The van der Waals surface area contributed by atoms with Crippen LogP contribution in [-0.2, 0) is 11.3 Å². The maximum absolute atomic E-state index is 13.9. The summed E-state index contributed by atoms with van der Waals surface area (Å²) in [6.45, 7) is 2.41. The highest BCUT2D eigenvalue weighted by molar-refractivity contribution is 6.21. The van der Waals surface area contributed by atoms with Crippen LogP contribution in [0.15, 0.2) is 48.5 Å². The smallest absolute Gasteiger partial charge is 0.261 e. The standard InChI is InChI=1S/C20H19FN2O3/c21-18-8-4-1-5-14(18)11-22-9-10-26-15(12-22)13-23-19(24)16-6-2-3-7-17(16)20(23)25/h1-8,15H,9-13H2. The van der Waals surface area contributed by atoms with Gasteiger partial charge in [-0.05, 0) is 18.2 Å². The van der Waals surface area contributed by atoms with E-state index in [1.165, 1.54) is 11.0 Å². The van der Waals surface area contributed by atoms with E-state index in [9.17, 15) is 14.0 Å². The Morgan fingerprint density at radius 1 is 1.00 bits per heavy atom. The van der Waals surface area contributed by atoms with E-state index in [0.29, 0.717) is 42.9 Å². The van der Waals surface area contributed by atoms with Crippen LogP contribution in [0.3, 0.4) is 0 Å². The number of hydrogen-bond acceptors (Lipinski definition) is 4. The molecule has 0 aliphatic carbocycles. The molecule has 2 aromatic carbocycles. The van der Waals surface area contributed by atoms with Crippen molar-refractivity contribution in [2.45, 2.75) is 12.6 Å². The zero-order valence-electron chi connectivity index (χ0n) is 14.2. The van der Waals surface area contributed by atoms with Crippen molar-refractivity contribution in [3.05, 3.63) is 71.0 Å². The fourth-order valence-electron chi connectivity index (χ4n) is 3.51. The number of ether oxygens (including phenoxy) is 1. The number of halogens is 1. The zero-order chi connectivity index (χ0) is 18.1. The van der Waals surface area contributed by atoms with Crippen LogP contribution in [0.1, 0.15) is 26.3 Å². The molecule has 26 heavy (non-hydrogen) atoms. The van der Waals surface area contributed by atoms with E-state index in [4.69, 9.17) is 4.74 Å². The van der Waals surface area contributed by atoms with Crippen LogP contribution in [-0.4, -0.2) is 54.0 Å². The van der Waals surface area contributed by atoms with Gasteiger partial charge in [0.25, 0.3) is 11.8 Å². The molecule has 2 aliphatic heterocycles. The lowest BCUT2D eigenvalue weighted by molar-refractivity contribution is -0.0403. The summed E-state index contributed by atoms with van der Waals surface area (Å²) in [7, 11) is 0. The summed E-state index contributed by atoms with van der Waals surface area (Å²) in [6.07, 6.45) is -0.280. The fourth-order valence-corrected chi connectivity index (χ4v) is 3.51. The Labute approximate surface area is 151 Å². The first-order valence-corrected chi connectivity index (χ1v) is 8.66. The predicted molar refractivity (Wildman–Crippen MR) is 93.2 cm³/mol. The summed E-state index contributed by atoms with van der Waals surface area (Å²) in [5.74, 6) is -0.781. The Morgan fingerprint density at radius 3 is 2.35 bits per heavy atom. The molecule has 1 atom stereocenters. The summed E-state index contributed by atoms with van der Waals surface area (Å²) in [5, 5.41) is 0. The van der Waals surface area contributed by atoms with Crippen LogP contribution < -0.4 is 0 Å². The first kappa shape index (κ1) is 16.9. The molecule has 2 aromatic rings. The Morgan fingerprint density at radius 2 is 1.65 bits per heavy atom. The lowest BCUT2D eigenvalue weighted by Gasteiger charge is -2.34. The summed E-state index contributed by atoms with van der Waals surface area (Å²) >= 11 is 0. The lowest BCUT2D eigenvalue weighted by Crippen LogP contribution is -2.48. The van der Waals surface area contributed by atoms with Crippen molar-refractivity contribution >= 4 is 11.8 Å². The third-order valence-corrected chi connectivity index (χ3v) is 4.84. The lowest BCUT2D eigenvalue weighted by atomic mass is 10.1. The zero-order valence-corrected chi connectivity index (χ0v) is 14.2. The van der Waals surface area contributed by atoms with Gasteiger partial charge in [0, 0.05) is 25.2 Å². The summed E-state index contributed by atoms with van der Waals surface area (Å²) < 4.78 is 19.6. The van der Waals surface area contributed by atoms with E-state index in [1.54, 1.807) is 36.4 Å². The molecular formula is C20H19FN2O3. The van der Waals surface area contributed by atoms with E-state index in [0.717, 1.165) is 0 Å². The van der Waals surface area contributed by atoms with Crippen molar-refractivity contribution in [2.75, 3.05) is 26.2 Å². The van der Waals surface area contributed by atoms with E-state index in [1.807, 2.05) is 6.07 Å². The van der Waals surface area contributed by atoms with Gasteiger partial charge in [-0.1, -0.05) is 30.3 Å². The highest BCUT2D eigenvalue weighted by Crippen LogP contribution is 2.23. The molecular weight excluding hydrogens is 335 g/mol. The second-order valence-corrected chi connectivity index (χ2v) is 6.59. The quantitative estimate of drug-likeness (QED) is 0.791. The molecule has 6 heteroatoms. The molecule has 0 saturated carbocycles. The number of morpholine rings is 1. The number of rotatable bonds is 4. The van der Waals surface area contributed by atoms with Gasteiger partial charge in [0.05, 0.1) is 30.4 Å². The molecule has 134 valence electrons. The molecule has 1 unspecified atom stereocenters. The molecule has 0 N–H and O–H groups in total. The highest BCUT2D eigenvalue weighted by atomic mass is 19.1. The monoisotopic (exact) mass is 354 g/mol. The second kappa shape index (κ2) is 6.97. The summed E-state index contributed by atoms with van der Waals surface area (Å²) in [4.78, 5) is 28.3. The van der Waals surface area contributed by atoms with E-state index < -0.39 is 0 Å². The van der Waals surface area contributed by atoms with Crippen LogP contribution >= 0.6 is 0 Å². The van der Waals surface area contributed by atoms with Crippen molar-refractivity contribution in [1.29, 1.82) is 0 Å². The second-order valence-electron chi connectivity index (χ2n) is 6.59. The molecule has 0 bridgehead atoms. The first-order chi connectivity index (χ1) is 12.6. The number of amides is 2. The van der Waals surface area contributed by atoms with E-state index in [-0.39, 0.29) is 30.3 Å². The van der Waals surface area contributed by atoms with Crippen molar-refractivity contribution < 1.29 is 18.7 Å². The first-order valence-electron chi connectivity index (χ1n) is 8.66. The molecule has 1 saturated heterocycles. The van der Waals surface area contributed by atoms with Crippen LogP contribution in [0, 0.1) is 5.82 Å². The number of carbonyl (C=O) groups excluding carboxylic acids is 2. The topological polar surface area (TPSA) is 49.9 Å². The average molecular weight is 354 g/mol. The summed E-state index contributed by atoms with van der Waals surface area (Å²) in [6, 6.07) is 13.5. The van der Waals surface area contributed by atoms with Crippen molar-refractivity contribution in [1.82, 2.24) is 9.80 Å². The van der Waals surface area contributed by atoms with Crippen LogP contribution in [0.4, 0.5) is 4.39 Å².